The van der Waals surface area contributed by atoms with Gasteiger partial charge in [0.25, 0.3) is 0 Å². The average molecular weight is 272 g/mol. The second-order valence-electron chi connectivity index (χ2n) is 4.87. The van der Waals surface area contributed by atoms with Crippen molar-refractivity contribution in [3.05, 3.63) is 42.6 Å². The van der Waals surface area contributed by atoms with E-state index in [1.807, 2.05) is 22.9 Å². The normalized spacial score (nSPS) is 10.8. The van der Waals surface area contributed by atoms with Crippen LogP contribution in [-0.4, -0.2) is 20.9 Å². The van der Waals surface area contributed by atoms with E-state index in [1.54, 1.807) is 0 Å². The number of aromatic nitrogens is 2. The van der Waals surface area contributed by atoms with Gasteiger partial charge in [-0.1, -0.05) is 24.3 Å². The molecule has 4 heteroatoms. The fourth-order valence-corrected chi connectivity index (χ4v) is 2.34. The number of carboxylic acids is 1. The summed E-state index contributed by atoms with van der Waals surface area (Å²) in [4.78, 5) is 10.6. The van der Waals surface area contributed by atoms with Crippen LogP contribution in [0.1, 0.15) is 31.4 Å². The van der Waals surface area contributed by atoms with Crippen molar-refractivity contribution in [3.8, 4) is 0 Å². The molecule has 0 aliphatic heterocycles. The van der Waals surface area contributed by atoms with Crippen molar-refractivity contribution in [2.45, 2.75) is 38.6 Å². The van der Waals surface area contributed by atoms with Gasteiger partial charge in [-0.15, -0.1) is 6.58 Å². The van der Waals surface area contributed by atoms with Crippen LogP contribution < -0.4 is 0 Å². The minimum atomic E-state index is -0.750. The molecule has 0 atom stereocenters. The maximum atomic E-state index is 10.6. The van der Waals surface area contributed by atoms with Gasteiger partial charge in [0.1, 0.15) is 0 Å². The highest BCUT2D eigenvalue weighted by Gasteiger charge is 2.10. The number of allylic oxidation sites excluding steroid dienone is 1. The Hall–Kier alpha value is -2.10. The molecule has 1 heterocycles. The minimum Gasteiger partial charge on any atom is -0.481 e. The van der Waals surface area contributed by atoms with Gasteiger partial charge < -0.3 is 5.11 Å². The minimum absolute atomic E-state index is 0.192. The van der Waals surface area contributed by atoms with Crippen LogP contribution >= 0.6 is 0 Å². The third-order valence-corrected chi connectivity index (χ3v) is 3.32. The summed E-state index contributed by atoms with van der Waals surface area (Å²) in [5, 5.41) is 14.5. The Kier molecular flexibility index (Phi) is 4.93. The molecule has 20 heavy (non-hydrogen) atoms. The van der Waals surface area contributed by atoms with Crippen LogP contribution in [0.5, 0.6) is 0 Å². The number of unbranched alkanes of at least 4 members (excludes halogenated alkanes) is 1. The zero-order chi connectivity index (χ0) is 14.4. The van der Waals surface area contributed by atoms with Crippen molar-refractivity contribution in [2.75, 3.05) is 0 Å². The number of rotatable bonds is 8. The molecule has 0 saturated heterocycles. The van der Waals surface area contributed by atoms with Crippen molar-refractivity contribution in [1.82, 2.24) is 9.78 Å². The molecule has 4 nitrogen and oxygen atoms in total. The Bertz CT molecular complexity index is 602. The Morgan fingerprint density at radius 1 is 1.35 bits per heavy atom. The summed E-state index contributed by atoms with van der Waals surface area (Å²) >= 11 is 0. The molecule has 2 rings (SSSR count). The number of aryl methyl sites for hydroxylation is 2. The molecule has 0 saturated carbocycles. The first-order valence-electron chi connectivity index (χ1n) is 6.99. The summed E-state index contributed by atoms with van der Waals surface area (Å²) in [5.41, 5.74) is 2.13. The van der Waals surface area contributed by atoms with E-state index in [1.165, 1.54) is 0 Å². The smallest absolute Gasteiger partial charge is 0.303 e. The molecule has 0 fully saturated rings. The molecule has 1 aromatic carbocycles. The van der Waals surface area contributed by atoms with Gasteiger partial charge in [-0.05, 0) is 31.7 Å². The van der Waals surface area contributed by atoms with Crippen LogP contribution in [0.2, 0.25) is 0 Å². The highest BCUT2D eigenvalue weighted by atomic mass is 16.4. The van der Waals surface area contributed by atoms with Gasteiger partial charge >= 0.3 is 5.97 Å². The van der Waals surface area contributed by atoms with E-state index in [0.29, 0.717) is 12.8 Å². The number of nitrogens with zero attached hydrogens (tertiary/aromatic N) is 2. The molecular formula is C16H20N2O2. The quantitative estimate of drug-likeness (QED) is 0.592. The van der Waals surface area contributed by atoms with Gasteiger partial charge in [-0.3, -0.25) is 9.48 Å². The summed E-state index contributed by atoms with van der Waals surface area (Å²) < 4.78 is 2.02. The van der Waals surface area contributed by atoms with E-state index in [4.69, 9.17) is 5.11 Å². The first-order chi connectivity index (χ1) is 9.72. The molecule has 0 radical (unpaired) electrons. The Labute approximate surface area is 118 Å². The summed E-state index contributed by atoms with van der Waals surface area (Å²) in [6, 6.07) is 8.13. The summed E-state index contributed by atoms with van der Waals surface area (Å²) in [5.74, 6) is -0.750. The van der Waals surface area contributed by atoms with Gasteiger partial charge in [-0.25, -0.2) is 0 Å². The molecule has 0 bridgehead atoms. The van der Waals surface area contributed by atoms with Gasteiger partial charge in [0.2, 0.25) is 0 Å². The molecule has 0 amide bonds. The van der Waals surface area contributed by atoms with E-state index >= 15 is 0 Å². The van der Waals surface area contributed by atoms with Crippen LogP contribution in [0.4, 0.5) is 0 Å². The van der Waals surface area contributed by atoms with Crippen molar-refractivity contribution < 1.29 is 9.90 Å². The van der Waals surface area contributed by atoms with E-state index in [-0.39, 0.29) is 6.42 Å². The van der Waals surface area contributed by atoms with Crippen molar-refractivity contribution in [3.63, 3.8) is 0 Å². The van der Waals surface area contributed by atoms with E-state index in [9.17, 15) is 4.79 Å². The Balaban J connectivity index is 2.16. The summed E-state index contributed by atoms with van der Waals surface area (Å²) in [7, 11) is 0. The van der Waals surface area contributed by atoms with Crippen molar-refractivity contribution in [1.29, 1.82) is 0 Å². The van der Waals surface area contributed by atoms with Crippen LogP contribution in [0.15, 0.2) is 36.9 Å². The highest BCUT2D eigenvalue weighted by molar-refractivity contribution is 5.82. The molecular weight excluding hydrogens is 252 g/mol. The van der Waals surface area contributed by atoms with Gasteiger partial charge in [0, 0.05) is 18.4 Å². The number of benzene rings is 1. The lowest BCUT2D eigenvalue weighted by molar-refractivity contribution is -0.137. The number of aliphatic carboxylic acids is 1. The molecule has 1 N–H and O–H groups in total. The molecule has 0 aliphatic carbocycles. The fourth-order valence-electron chi connectivity index (χ4n) is 2.34. The molecule has 2 aromatic rings. The first-order valence-corrected chi connectivity index (χ1v) is 6.99. The molecule has 0 spiro atoms. The predicted octanol–water partition coefficient (Wildman–Crippen LogP) is 3.41. The number of hydrogen-bond donors (Lipinski definition) is 1. The van der Waals surface area contributed by atoms with Gasteiger partial charge in [0.05, 0.1) is 11.2 Å². The number of carbonyl (C=O) groups is 1. The third-order valence-electron chi connectivity index (χ3n) is 3.32. The van der Waals surface area contributed by atoms with Crippen LogP contribution in [0.25, 0.3) is 10.9 Å². The second kappa shape index (κ2) is 6.89. The lowest BCUT2D eigenvalue weighted by Gasteiger charge is -2.01. The average Bonchev–Trinajstić information content (AvgIpc) is 2.78. The molecule has 106 valence electrons. The van der Waals surface area contributed by atoms with Crippen molar-refractivity contribution in [2.24, 2.45) is 0 Å². The predicted molar refractivity (Wildman–Crippen MR) is 79.7 cm³/mol. The first kappa shape index (κ1) is 14.3. The monoisotopic (exact) mass is 272 g/mol. The zero-order valence-electron chi connectivity index (χ0n) is 11.6. The standard InChI is InChI=1S/C16H20N2O2/c1-2-3-6-12-18-15-10-5-4-8-13(15)14(17-18)9-7-11-16(19)20/h2,4-5,8,10H,1,3,6-7,9,11-12H2,(H,19,20). The molecule has 0 aliphatic rings. The number of para-hydroxylation sites is 1. The Morgan fingerprint density at radius 2 is 2.15 bits per heavy atom. The second-order valence-corrected chi connectivity index (χ2v) is 4.87. The number of carboxylic acid groups (broad SMARTS) is 1. The third kappa shape index (κ3) is 3.47. The van der Waals surface area contributed by atoms with Crippen LogP contribution in [-0.2, 0) is 17.8 Å². The van der Waals surface area contributed by atoms with Crippen molar-refractivity contribution >= 4 is 16.9 Å². The number of fused-ring (bicyclic) bond motifs is 1. The number of hydrogen-bond acceptors (Lipinski definition) is 2. The van der Waals surface area contributed by atoms with Gasteiger partial charge in [-0.2, -0.15) is 5.10 Å². The van der Waals surface area contributed by atoms with Crippen LogP contribution in [0.3, 0.4) is 0 Å². The zero-order valence-corrected chi connectivity index (χ0v) is 11.6. The highest BCUT2D eigenvalue weighted by Crippen LogP contribution is 2.20. The summed E-state index contributed by atoms with van der Waals surface area (Å²) in [6.45, 7) is 4.60. The summed E-state index contributed by atoms with van der Waals surface area (Å²) in [6.07, 6.45) is 5.44. The lowest BCUT2D eigenvalue weighted by Crippen LogP contribution is -2.01. The van der Waals surface area contributed by atoms with E-state index in [2.05, 4.69) is 23.8 Å². The van der Waals surface area contributed by atoms with Crippen LogP contribution in [0, 0.1) is 0 Å². The topological polar surface area (TPSA) is 55.1 Å². The largest absolute Gasteiger partial charge is 0.481 e. The lowest BCUT2D eigenvalue weighted by atomic mass is 10.1. The SMILES string of the molecule is C=CCCCn1nc(CCCC(=O)O)c2ccccc21. The maximum absolute atomic E-state index is 10.6. The fraction of sp³-hybridized carbons (Fsp3) is 0.375. The maximum Gasteiger partial charge on any atom is 0.303 e. The van der Waals surface area contributed by atoms with Gasteiger partial charge in [0.15, 0.2) is 0 Å². The Morgan fingerprint density at radius 3 is 2.90 bits per heavy atom. The van der Waals surface area contributed by atoms with E-state index in [0.717, 1.165) is 36.0 Å². The molecule has 1 aromatic heterocycles. The van der Waals surface area contributed by atoms with E-state index < -0.39 is 5.97 Å². The molecule has 0 unspecified atom stereocenters.